The zero-order valence-corrected chi connectivity index (χ0v) is 11.3. The van der Waals surface area contributed by atoms with Crippen LogP contribution in [0.2, 0.25) is 0 Å². The van der Waals surface area contributed by atoms with Gasteiger partial charge in [-0.3, -0.25) is 4.98 Å². The molecule has 0 aliphatic heterocycles. The molecule has 0 fully saturated rings. The molecule has 0 saturated carbocycles. The van der Waals surface area contributed by atoms with Crippen LogP contribution < -0.4 is 10.2 Å². The second-order valence-corrected chi connectivity index (χ2v) is 4.73. The minimum Gasteiger partial charge on any atom is -0.488 e. The molecule has 0 radical (unpaired) electrons. The number of hydrogen-bond donors (Lipinski definition) is 2. The van der Waals surface area contributed by atoms with Gasteiger partial charge >= 0.3 is 7.12 Å². The Morgan fingerprint density at radius 2 is 1.76 bits per heavy atom. The van der Waals surface area contributed by atoms with Gasteiger partial charge in [0.15, 0.2) is 0 Å². The van der Waals surface area contributed by atoms with Gasteiger partial charge in [0, 0.05) is 11.6 Å². The van der Waals surface area contributed by atoms with Crippen LogP contribution in [0.25, 0.3) is 10.9 Å². The summed E-state index contributed by atoms with van der Waals surface area (Å²) in [6.45, 7) is 0.413. The molecule has 3 rings (SSSR count). The van der Waals surface area contributed by atoms with Crippen LogP contribution in [-0.2, 0) is 6.61 Å². The molecule has 4 nitrogen and oxygen atoms in total. The van der Waals surface area contributed by atoms with Crippen molar-refractivity contribution in [3.63, 3.8) is 0 Å². The highest BCUT2D eigenvalue weighted by atomic mass is 16.5. The molecule has 3 aromatic rings. The monoisotopic (exact) mass is 279 g/mol. The average Bonchev–Trinajstić information content (AvgIpc) is 2.53. The Morgan fingerprint density at radius 1 is 0.952 bits per heavy atom. The van der Waals surface area contributed by atoms with E-state index >= 15 is 0 Å². The average molecular weight is 279 g/mol. The van der Waals surface area contributed by atoms with Crippen molar-refractivity contribution < 1.29 is 14.8 Å². The van der Waals surface area contributed by atoms with E-state index in [0.717, 1.165) is 22.2 Å². The van der Waals surface area contributed by atoms with Gasteiger partial charge in [0.1, 0.15) is 12.4 Å². The van der Waals surface area contributed by atoms with Crippen LogP contribution in [0.15, 0.2) is 60.8 Å². The predicted octanol–water partition coefficient (Wildman–Crippen LogP) is 1.49. The summed E-state index contributed by atoms with van der Waals surface area (Å²) in [4.78, 5) is 4.29. The van der Waals surface area contributed by atoms with Crippen molar-refractivity contribution in [1.29, 1.82) is 0 Å². The van der Waals surface area contributed by atoms with Crippen LogP contribution >= 0.6 is 0 Å². The normalized spacial score (nSPS) is 10.6. The van der Waals surface area contributed by atoms with E-state index in [1.165, 1.54) is 0 Å². The summed E-state index contributed by atoms with van der Waals surface area (Å²) < 4.78 is 5.84. The summed E-state index contributed by atoms with van der Waals surface area (Å²) in [5.41, 5.74) is 2.32. The third-order valence-electron chi connectivity index (χ3n) is 3.28. The number of pyridine rings is 1. The lowest BCUT2D eigenvalue weighted by Gasteiger charge is -2.09. The summed E-state index contributed by atoms with van der Waals surface area (Å²) in [5.74, 6) is 0.784. The lowest BCUT2D eigenvalue weighted by Crippen LogP contribution is -2.29. The number of aromatic nitrogens is 1. The van der Waals surface area contributed by atoms with Crippen LogP contribution in [-0.4, -0.2) is 22.2 Å². The Morgan fingerprint density at radius 3 is 2.52 bits per heavy atom. The van der Waals surface area contributed by atoms with Crippen molar-refractivity contribution in [2.75, 3.05) is 0 Å². The first-order valence-corrected chi connectivity index (χ1v) is 6.65. The first-order valence-electron chi connectivity index (χ1n) is 6.65. The maximum Gasteiger partial charge on any atom is 0.488 e. The molecule has 0 aliphatic rings. The van der Waals surface area contributed by atoms with Crippen molar-refractivity contribution in [2.45, 2.75) is 6.61 Å². The van der Waals surface area contributed by atoms with E-state index in [0.29, 0.717) is 12.1 Å². The maximum absolute atomic E-state index is 9.06. The minimum absolute atomic E-state index is 0.413. The number of rotatable bonds is 4. The second kappa shape index (κ2) is 5.95. The molecule has 1 heterocycles. The van der Waals surface area contributed by atoms with Crippen molar-refractivity contribution in [3.05, 3.63) is 66.4 Å². The van der Waals surface area contributed by atoms with E-state index in [9.17, 15) is 0 Å². The van der Waals surface area contributed by atoms with Gasteiger partial charge in [-0.1, -0.05) is 30.3 Å². The molecule has 0 saturated heterocycles. The van der Waals surface area contributed by atoms with Crippen molar-refractivity contribution in [1.82, 2.24) is 4.98 Å². The Hall–Kier alpha value is -2.37. The number of fused-ring (bicyclic) bond motifs is 1. The van der Waals surface area contributed by atoms with Crippen LogP contribution in [0.1, 0.15) is 5.56 Å². The summed E-state index contributed by atoms with van der Waals surface area (Å²) in [6, 6.07) is 16.6. The molecule has 0 spiro atoms. The van der Waals surface area contributed by atoms with Gasteiger partial charge in [-0.25, -0.2) is 0 Å². The standard InChI is InChI=1S/C16H14BNO3/c19-17(20)13-8-6-12(7-9-13)11-21-16-5-1-4-15-14(16)3-2-10-18-15/h1-10,19-20H,11H2. The Kier molecular flexibility index (Phi) is 3.86. The molecular formula is C16H14BNO3. The molecular weight excluding hydrogens is 265 g/mol. The molecule has 2 aromatic carbocycles. The number of ether oxygens (including phenoxy) is 1. The topological polar surface area (TPSA) is 62.6 Å². The molecule has 0 bridgehead atoms. The van der Waals surface area contributed by atoms with Crippen LogP contribution in [0, 0.1) is 0 Å². The van der Waals surface area contributed by atoms with Gasteiger partial charge in [-0.15, -0.1) is 0 Å². The summed E-state index contributed by atoms with van der Waals surface area (Å²) >= 11 is 0. The molecule has 0 atom stereocenters. The summed E-state index contributed by atoms with van der Waals surface area (Å²) in [7, 11) is -1.44. The molecule has 0 amide bonds. The Bertz CT molecular complexity index is 739. The van der Waals surface area contributed by atoms with Crippen LogP contribution in [0.4, 0.5) is 0 Å². The Labute approximate surface area is 122 Å². The lowest BCUT2D eigenvalue weighted by molar-refractivity contribution is 0.310. The molecule has 21 heavy (non-hydrogen) atoms. The van der Waals surface area contributed by atoms with E-state index in [-0.39, 0.29) is 0 Å². The smallest absolute Gasteiger partial charge is 0.488 e. The first kappa shape index (κ1) is 13.6. The predicted molar refractivity (Wildman–Crippen MR) is 82.3 cm³/mol. The lowest BCUT2D eigenvalue weighted by atomic mass is 9.80. The zero-order valence-electron chi connectivity index (χ0n) is 11.3. The minimum atomic E-state index is -1.44. The number of hydrogen-bond acceptors (Lipinski definition) is 4. The summed E-state index contributed by atoms with van der Waals surface area (Å²) in [6.07, 6.45) is 1.75. The summed E-state index contributed by atoms with van der Waals surface area (Å²) in [5, 5.41) is 19.1. The van der Waals surface area contributed by atoms with Crippen molar-refractivity contribution in [3.8, 4) is 5.75 Å². The van der Waals surface area contributed by atoms with Gasteiger partial charge in [-0.2, -0.15) is 0 Å². The van der Waals surface area contributed by atoms with E-state index in [2.05, 4.69) is 4.98 Å². The molecule has 0 aliphatic carbocycles. The molecule has 5 heteroatoms. The molecule has 0 unspecified atom stereocenters. The van der Waals surface area contributed by atoms with Crippen LogP contribution in [0.3, 0.4) is 0 Å². The first-order chi connectivity index (χ1) is 10.2. The molecule has 2 N–H and O–H groups in total. The fourth-order valence-electron chi connectivity index (χ4n) is 2.15. The van der Waals surface area contributed by atoms with E-state index in [4.69, 9.17) is 14.8 Å². The highest BCUT2D eigenvalue weighted by Gasteiger charge is 2.10. The van der Waals surface area contributed by atoms with Gasteiger partial charge in [0.25, 0.3) is 0 Å². The number of benzene rings is 2. The fraction of sp³-hybridized carbons (Fsp3) is 0.0625. The SMILES string of the molecule is OB(O)c1ccc(COc2cccc3ncccc23)cc1. The van der Waals surface area contributed by atoms with Gasteiger partial charge in [0.2, 0.25) is 0 Å². The largest absolute Gasteiger partial charge is 0.488 e. The third kappa shape index (κ3) is 3.04. The highest BCUT2D eigenvalue weighted by molar-refractivity contribution is 6.58. The third-order valence-corrected chi connectivity index (χ3v) is 3.28. The second-order valence-electron chi connectivity index (χ2n) is 4.73. The quantitative estimate of drug-likeness (QED) is 0.710. The van der Waals surface area contributed by atoms with Crippen molar-refractivity contribution in [2.24, 2.45) is 0 Å². The van der Waals surface area contributed by atoms with Gasteiger partial charge in [0.05, 0.1) is 5.52 Å². The van der Waals surface area contributed by atoms with Gasteiger partial charge < -0.3 is 14.8 Å². The van der Waals surface area contributed by atoms with E-state index in [1.54, 1.807) is 18.3 Å². The maximum atomic E-state index is 9.06. The number of nitrogens with zero attached hydrogens (tertiary/aromatic N) is 1. The van der Waals surface area contributed by atoms with Crippen molar-refractivity contribution >= 4 is 23.5 Å². The van der Waals surface area contributed by atoms with E-state index in [1.807, 2.05) is 42.5 Å². The van der Waals surface area contributed by atoms with Crippen LogP contribution in [0.5, 0.6) is 5.75 Å². The molecule has 1 aromatic heterocycles. The molecule has 104 valence electrons. The Balaban J connectivity index is 1.77. The fourth-order valence-corrected chi connectivity index (χ4v) is 2.15. The highest BCUT2D eigenvalue weighted by Crippen LogP contribution is 2.24. The zero-order chi connectivity index (χ0) is 14.7. The van der Waals surface area contributed by atoms with E-state index < -0.39 is 7.12 Å². The van der Waals surface area contributed by atoms with Gasteiger partial charge in [-0.05, 0) is 35.3 Å².